The lowest BCUT2D eigenvalue weighted by Gasteiger charge is -2.09. The van der Waals surface area contributed by atoms with Gasteiger partial charge in [0.2, 0.25) is 0 Å². The molecule has 108 valence electrons. The third kappa shape index (κ3) is 3.86. The molecule has 0 aliphatic heterocycles. The molecule has 0 unspecified atom stereocenters. The van der Waals surface area contributed by atoms with Gasteiger partial charge in [-0.3, -0.25) is 10.1 Å². The van der Waals surface area contributed by atoms with Crippen molar-refractivity contribution in [2.24, 2.45) is 0 Å². The Kier molecular flexibility index (Phi) is 5.43. The Hall–Kier alpha value is -0.880. The van der Waals surface area contributed by atoms with Gasteiger partial charge in [-0.05, 0) is 51.3 Å². The minimum atomic E-state index is -0.459. The highest BCUT2D eigenvalue weighted by Crippen LogP contribution is 2.35. The Balaban J connectivity index is 2.55. The predicted molar refractivity (Wildman–Crippen MR) is 92.7 cm³/mol. The molecule has 0 saturated heterocycles. The van der Waals surface area contributed by atoms with Gasteiger partial charge in [0.25, 0.3) is 5.69 Å². The molecule has 0 spiro atoms. The fraction of sp³-hybridized carbons (Fsp3) is 0. The van der Waals surface area contributed by atoms with Crippen molar-refractivity contribution >= 4 is 66.3 Å². The van der Waals surface area contributed by atoms with Crippen LogP contribution in [0.4, 0.5) is 5.69 Å². The molecule has 0 heterocycles. The van der Waals surface area contributed by atoms with E-state index in [0.717, 1.165) is 10.0 Å². The zero-order chi connectivity index (χ0) is 15.6. The van der Waals surface area contributed by atoms with Gasteiger partial charge >= 0.3 is 0 Å². The number of hydrogen-bond donors (Lipinski definition) is 0. The van der Waals surface area contributed by atoms with Crippen molar-refractivity contribution in [2.45, 2.75) is 0 Å². The Morgan fingerprint density at radius 3 is 2.05 bits per heavy atom. The monoisotopic (exact) mass is 449 g/mol. The zero-order valence-corrected chi connectivity index (χ0v) is 15.0. The summed E-state index contributed by atoms with van der Waals surface area (Å²) in [6, 6.07) is 12.1. The van der Waals surface area contributed by atoms with Crippen LogP contribution >= 0.6 is 55.1 Å². The van der Waals surface area contributed by atoms with Crippen LogP contribution in [0.15, 0.2) is 55.9 Å². The van der Waals surface area contributed by atoms with Crippen LogP contribution in [0.1, 0.15) is 11.1 Å². The number of nitro benzene ring substituents is 1. The average molecular weight is 452 g/mol. The highest BCUT2D eigenvalue weighted by molar-refractivity contribution is 9.10. The molecule has 3 nitrogen and oxygen atoms in total. The minimum absolute atomic E-state index is 0.0143. The van der Waals surface area contributed by atoms with E-state index in [1.807, 2.05) is 24.3 Å². The second-order valence-corrected chi connectivity index (χ2v) is 6.79. The van der Waals surface area contributed by atoms with E-state index in [0.29, 0.717) is 15.6 Å². The van der Waals surface area contributed by atoms with Crippen molar-refractivity contribution in [3.05, 3.63) is 77.1 Å². The number of rotatable bonds is 3. The molecule has 0 atom stereocenters. The normalized spacial score (nSPS) is 10.3. The molecule has 21 heavy (non-hydrogen) atoms. The van der Waals surface area contributed by atoms with Gasteiger partial charge in [0.05, 0.1) is 9.40 Å². The summed E-state index contributed by atoms with van der Waals surface area (Å²) >= 11 is 18.5. The van der Waals surface area contributed by atoms with Crippen LogP contribution in [-0.4, -0.2) is 4.92 Å². The summed E-state index contributed by atoms with van der Waals surface area (Å²) in [5.74, 6) is 0. The van der Waals surface area contributed by atoms with Crippen molar-refractivity contribution in [1.29, 1.82) is 0 Å². The standard InChI is InChI=1S/C14H7Br2Cl2NO2/c15-10-4-1-8(2-5-10)13(14(17)18)9-3-6-12(19(20)21)11(16)7-9/h1-7H. The van der Waals surface area contributed by atoms with Crippen LogP contribution in [0, 0.1) is 10.1 Å². The summed E-state index contributed by atoms with van der Waals surface area (Å²) in [4.78, 5) is 10.4. The molecule has 0 bridgehead atoms. The van der Waals surface area contributed by atoms with Crippen molar-refractivity contribution in [2.75, 3.05) is 0 Å². The SMILES string of the molecule is O=[N+]([O-])c1ccc(C(=C(Cl)Cl)c2ccc(Br)cc2)cc1Br. The van der Waals surface area contributed by atoms with E-state index in [9.17, 15) is 10.1 Å². The van der Waals surface area contributed by atoms with Crippen molar-refractivity contribution in [3.8, 4) is 0 Å². The lowest BCUT2D eigenvalue weighted by atomic mass is 9.99. The summed E-state index contributed by atoms with van der Waals surface area (Å²) in [6.45, 7) is 0. The first-order chi connectivity index (χ1) is 9.90. The quantitative estimate of drug-likeness (QED) is 0.405. The van der Waals surface area contributed by atoms with Crippen LogP contribution in [-0.2, 0) is 0 Å². The van der Waals surface area contributed by atoms with E-state index < -0.39 is 4.92 Å². The van der Waals surface area contributed by atoms with E-state index in [2.05, 4.69) is 31.9 Å². The summed E-state index contributed by atoms with van der Waals surface area (Å²) in [5.41, 5.74) is 2.11. The largest absolute Gasteiger partial charge is 0.283 e. The predicted octanol–water partition coefficient (Wildman–Crippen LogP) is 6.31. The minimum Gasteiger partial charge on any atom is -0.258 e. The van der Waals surface area contributed by atoms with E-state index in [1.165, 1.54) is 6.07 Å². The first-order valence-corrected chi connectivity index (χ1v) is 8.00. The third-order valence-electron chi connectivity index (χ3n) is 2.75. The Morgan fingerprint density at radius 2 is 1.57 bits per heavy atom. The van der Waals surface area contributed by atoms with Crippen molar-refractivity contribution in [1.82, 2.24) is 0 Å². The van der Waals surface area contributed by atoms with Gasteiger partial charge in [-0.25, -0.2) is 0 Å². The summed E-state index contributed by atoms with van der Waals surface area (Å²) < 4.78 is 1.40. The molecule has 0 fully saturated rings. The Morgan fingerprint density at radius 1 is 1.00 bits per heavy atom. The number of nitro groups is 1. The van der Waals surface area contributed by atoms with E-state index in [1.54, 1.807) is 12.1 Å². The van der Waals surface area contributed by atoms with Gasteiger partial charge in [-0.1, -0.05) is 51.3 Å². The molecule has 0 amide bonds. The van der Waals surface area contributed by atoms with Crippen molar-refractivity contribution in [3.63, 3.8) is 0 Å². The average Bonchev–Trinajstić information content (AvgIpc) is 2.40. The fourth-order valence-electron chi connectivity index (χ4n) is 1.81. The first-order valence-electron chi connectivity index (χ1n) is 5.65. The molecule has 7 heteroatoms. The summed E-state index contributed by atoms with van der Waals surface area (Å²) in [7, 11) is 0. The molecule has 0 N–H and O–H groups in total. The van der Waals surface area contributed by atoms with E-state index >= 15 is 0 Å². The Labute approximate surface area is 148 Å². The molecule has 0 aliphatic rings. The third-order valence-corrected chi connectivity index (χ3v) is 4.30. The molecule has 0 aliphatic carbocycles. The number of benzene rings is 2. The molecule has 2 rings (SSSR count). The van der Waals surface area contributed by atoms with Gasteiger partial charge in [0, 0.05) is 16.1 Å². The maximum atomic E-state index is 10.9. The molecule has 0 aromatic heterocycles. The lowest BCUT2D eigenvalue weighted by molar-refractivity contribution is -0.385. The highest BCUT2D eigenvalue weighted by atomic mass is 79.9. The number of hydrogen-bond acceptors (Lipinski definition) is 2. The number of nitrogens with zero attached hydrogens (tertiary/aromatic N) is 1. The van der Waals surface area contributed by atoms with Crippen LogP contribution < -0.4 is 0 Å². The lowest BCUT2D eigenvalue weighted by Crippen LogP contribution is -1.93. The van der Waals surface area contributed by atoms with Crippen molar-refractivity contribution < 1.29 is 4.92 Å². The van der Waals surface area contributed by atoms with E-state index in [4.69, 9.17) is 23.2 Å². The summed E-state index contributed by atoms with van der Waals surface area (Å²) in [5, 5.41) is 10.9. The fourth-order valence-corrected chi connectivity index (χ4v) is 3.04. The maximum absolute atomic E-state index is 10.9. The first kappa shape index (κ1) is 16.5. The maximum Gasteiger partial charge on any atom is 0.283 e. The second-order valence-electron chi connectivity index (χ2n) is 4.07. The zero-order valence-electron chi connectivity index (χ0n) is 10.3. The van der Waals surface area contributed by atoms with Gasteiger partial charge in [0.15, 0.2) is 0 Å². The smallest absolute Gasteiger partial charge is 0.258 e. The van der Waals surface area contributed by atoms with Gasteiger partial charge in [-0.2, -0.15) is 0 Å². The number of halogens is 4. The molecule has 0 saturated carbocycles. The van der Waals surface area contributed by atoms with Crippen LogP contribution in [0.3, 0.4) is 0 Å². The van der Waals surface area contributed by atoms with Crippen LogP contribution in [0.2, 0.25) is 0 Å². The second kappa shape index (κ2) is 6.92. The van der Waals surface area contributed by atoms with Gasteiger partial charge < -0.3 is 0 Å². The molecular weight excluding hydrogens is 445 g/mol. The molecular formula is C14H7Br2Cl2NO2. The van der Waals surface area contributed by atoms with E-state index in [-0.39, 0.29) is 10.2 Å². The Bertz CT molecular complexity index is 726. The molecule has 2 aromatic carbocycles. The highest BCUT2D eigenvalue weighted by Gasteiger charge is 2.16. The topological polar surface area (TPSA) is 43.1 Å². The van der Waals surface area contributed by atoms with Gasteiger partial charge in [-0.15, -0.1) is 0 Å². The summed E-state index contributed by atoms with van der Waals surface area (Å²) in [6.07, 6.45) is 0. The van der Waals surface area contributed by atoms with Crippen LogP contribution in [0.5, 0.6) is 0 Å². The van der Waals surface area contributed by atoms with Crippen LogP contribution in [0.25, 0.3) is 5.57 Å². The van der Waals surface area contributed by atoms with Gasteiger partial charge in [0.1, 0.15) is 4.49 Å². The molecule has 0 radical (unpaired) electrons. The molecule has 2 aromatic rings.